The second-order valence-corrected chi connectivity index (χ2v) is 8.76. The van der Waals surface area contributed by atoms with E-state index in [1.807, 2.05) is 36.6 Å². The lowest BCUT2D eigenvalue weighted by molar-refractivity contribution is -0.144. The molecule has 1 heterocycles. The molecule has 0 fully saturated rings. The van der Waals surface area contributed by atoms with Gasteiger partial charge in [0.05, 0.1) is 12.9 Å². The smallest absolute Gasteiger partial charge is 0.329 e. The zero-order valence-corrected chi connectivity index (χ0v) is 17.6. The van der Waals surface area contributed by atoms with Crippen LogP contribution in [0.25, 0.3) is 0 Å². The summed E-state index contributed by atoms with van der Waals surface area (Å²) in [5.41, 5.74) is 1.17. The fourth-order valence-corrected chi connectivity index (χ4v) is 4.90. The lowest BCUT2D eigenvalue weighted by atomic mass is 10.2. The number of hydrogen-bond acceptors (Lipinski definition) is 9. The number of aromatic nitrogens is 2. The number of ether oxygens (including phenoxy) is 1. The van der Waals surface area contributed by atoms with Gasteiger partial charge >= 0.3 is 5.97 Å². The molecular formula is C16H19N3O3S4. The summed E-state index contributed by atoms with van der Waals surface area (Å²) < 4.78 is 9.68. The van der Waals surface area contributed by atoms with Gasteiger partial charge in [-0.15, -0.1) is 0 Å². The minimum Gasteiger partial charge on any atom is -0.467 e. The molecule has 0 aliphatic rings. The number of benzene rings is 1. The molecule has 10 heteroatoms. The first kappa shape index (κ1) is 21.1. The van der Waals surface area contributed by atoms with Crippen LogP contribution in [-0.2, 0) is 20.1 Å². The van der Waals surface area contributed by atoms with Crippen LogP contribution >= 0.6 is 46.8 Å². The number of thioether (sulfide) groups is 3. The van der Waals surface area contributed by atoms with Crippen molar-refractivity contribution in [1.29, 1.82) is 0 Å². The van der Waals surface area contributed by atoms with E-state index in [-0.39, 0.29) is 11.7 Å². The van der Waals surface area contributed by atoms with Crippen molar-refractivity contribution in [2.24, 2.45) is 0 Å². The van der Waals surface area contributed by atoms with Crippen molar-refractivity contribution in [1.82, 2.24) is 14.7 Å². The van der Waals surface area contributed by atoms with Gasteiger partial charge in [-0.05, 0) is 23.4 Å². The first-order valence-corrected chi connectivity index (χ1v) is 11.8. The third kappa shape index (κ3) is 7.18. The normalized spacial score (nSPS) is 11.8. The summed E-state index contributed by atoms with van der Waals surface area (Å²) in [6.45, 7) is 0. The molecule has 0 saturated carbocycles. The molecule has 1 atom stereocenters. The maximum Gasteiger partial charge on any atom is 0.329 e. The van der Waals surface area contributed by atoms with Gasteiger partial charge in [-0.2, -0.15) is 16.1 Å². The molecule has 0 aliphatic carbocycles. The van der Waals surface area contributed by atoms with Crippen LogP contribution in [0.1, 0.15) is 5.56 Å². The Morgan fingerprint density at radius 2 is 2.08 bits per heavy atom. The molecule has 1 aromatic carbocycles. The first-order valence-electron chi connectivity index (χ1n) is 7.61. The van der Waals surface area contributed by atoms with Crippen molar-refractivity contribution < 1.29 is 14.3 Å². The highest BCUT2D eigenvalue weighted by molar-refractivity contribution is 8.01. The van der Waals surface area contributed by atoms with Gasteiger partial charge in [0.1, 0.15) is 6.04 Å². The molecule has 0 spiro atoms. The highest BCUT2D eigenvalue weighted by Crippen LogP contribution is 2.23. The second kappa shape index (κ2) is 11.5. The Morgan fingerprint density at radius 3 is 2.73 bits per heavy atom. The summed E-state index contributed by atoms with van der Waals surface area (Å²) in [5.74, 6) is 0.727. The van der Waals surface area contributed by atoms with E-state index in [4.69, 9.17) is 4.74 Å². The number of rotatable bonds is 10. The summed E-state index contributed by atoms with van der Waals surface area (Å²) in [4.78, 5) is 28.4. The van der Waals surface area contributed by atoms with E-state index in [2.05, 4.69) is 14.7 Å². The molecule has 0 aliphatic heterocycles. The van der Waals surface area contributed by atoms with Crippen molar-refractivity contribution in [3.63, 3.8) is 0 Å². The molecule has 0 bridgehead atoms. The quantitative estimate of drug-likeness (QED) is 0.456. The van der Waals surface area contributed by atoms with Crippen LogP contribution in [0.4, 0.5) is 0 Å². The van der Waals surface area contributed by atoms with E-state index >= 15 is 0 Å². The van der Waals surface area contributed by atoms with Gasteiger partial charge in [-0.3, -0.25) is 4.79 Å². The molecule has 2 rings (SSSR count). The SMILES string of the molecule is COC(=O)[C@H](CSCc1ccccc1)NC(=O)CSc1nc(SC)ns1. The van der Waals surface area contributed by atoms with E-state index in [1.54, 1.807) is 11.8 Å². The van der Waals surface area contributed by atoms with Crippen molar-refractivity contribution in [3.8, 4) is 0 Å². The molecule has 1 N–H and O–H groups in total. The molecule has 6 nitrogen and oxygen atoms in total. The summed E-state index contributed by atoms with van der Waals surface area (Å²) >= 11 is 5.60. The monoisotopic (exact) mass is 429 g/mol. The van der Waals surface area contributed by atoms with Crippen LogP contribution in [0.15, 0.2) is 39.8 Å². The summed E-state index contributed by atoms with van der Waals surface area (Å²) in [6.07, 6.45) is 1.90. The zero-order valence-electron chi connectivity index (χ0n) is 14.3. The van der Waals surface area contributed by atoms with Crippen molar-refractivity contribution in [3.05, 3.63) is 35.9 Å². The van der Waals surface area contributed by atoms with Crippen molar-refractivity contribution >= 4 is 58.7 Å². The van der Waals surface area contributed by atoms with Gasteiger partial charge < -0.3 is 10.1 Å². The maximum atomic E-state index is 12.2. The Kier molecular flexibility index (Phi) is 9.30. The van der Waals surface area contributed by atoms with E-state index in [0.29, 0.717) is 10.9 Å². The van der Waals surface area contributed by atoms with Gasteiger partial charge in [0.25, 0.3) is 0 Å². The minimum absolute atomic E-state index is 0.180. The number of hydrogen-bond donors (Lipinski definition) is 1. The summed E-state index contributed by atoms with van der Waals surface area (Å²) in [5, 5.41) is 3.44. The number of carbonyl (C=O) groups is 2. The number of nitrogens with one attached hydrogen (secondary N) is 1. The molecule has 140 valence electrons. The fourth-order valence-electron chi connectivity index (χ4n) is 1.88. The lowest BCUT2D eigenvalue weighted by Gasteiger charge is -2.16. The molecule has 26 heavy (non-hydrogen) atoms. The van der Waals surface area contributed by atoms with Gasteiger partial charge in [-0.1, -0.05) is 53.9 Å². The van der Waals surface area contributed by atoms with Crippen LogP contribution in [0, 0.1) is 0 Å². The fraction of sp³-hybridized carbons (Fsp3) is 0.375. The molecule has 2 aromatic rings. The molecule has 0 radical (unpaired) electrons. The van der Waals surface area contributed by atoms with E-state index in [1.165, 1.54) is 47.7 Å². The van der Waals surface area contributed by atoms with Crippen LogP contribution in [0.2, 0.25) is 0 Å². The zero-order chi connectivity index (χ0) is 18.8. The first-order chi connectivity index (χ1) is 12.6. The molecule has 1 aromatic heterocycles. The molecule has 0 saturated heterocycles. The standard InChI is InChI=1S/C16H19N3O3S4/c1-22-14(21)12(9-24-8-11-6-4-3-5-7-11)17-13(20)10-25-16-18-15(23-2)19-26-16/h3-7,12H,8-10H2,1-2H3,(H,17,20)/t12-/m0/s1. The number of methoxy groups -OCH3 is 1. The number of carbonyl (C=O) groups excluding carboxylic acids is 2. The highest BCUT2D eigenvalue weighted by Gasteiger charge is 2.21. The van der Waals surface area contributed by atoms with Gasteiger partial charge in [0, 0.05) is 11.5 Å². The van der Waals surface area contributed by atoms with Crippen LogP contribution in [0.5, 0.6) is 0 Å². The Morgan fingerprint density at radius 1 is 1.31 bits per heavy atom. The minimum atomic E-state index is -0.669. The van der Waals surface area contributed by atoms with Gasteiger partial charge in [0.2, 0.25) is 11.1 Å². The summed E-state index contributed by atoms with van der Waals surface area (Å²) in [7, 11) is 1.32. The van der Waals surface area contributed by atoms with Gasteiger partial charge in [0.15, 0.2) is 4.34 Å². The van der Waals surface area contributed by atoms with E-state index in [9.17, 15) is 9.59 Å². The molecule has 1 amide bonds. The average Bonchev–Trinajstić information content (AvgIpc) is 3.14. The third-order valence-corrected chi connectivity index (χ3v) is 6.72. The average molecular weight is 430 g/mol. The van der Waals surface area contributed by atoms with Crippen molar-refractivity contribution in [2.45, 2.75) is 21.3 Å². The molecular weight excluding hydrogens is 410 g/mol. The number of nitrogens with zero attached hydrogens (tertiary/aromatic N) is 2. The van der Waals surface area contributed by atoms with E-state index < -0.39 is 12.0 Å². The number of amides is 1. The Labute approximate surface area is 169 Å². The van der Waals surface area contributed by atoms with Crippen LogP contribution < -0.4 is 5.32 Å². The van der Waals surface area contributed by atoms with Crippen LogP contribution in [0.3, 0.4) is 0 Å². The predicted octanol–water partition coefficient (Wildman–Crippen LogP) is 2.94. The third-order valence-electron chi connectivity index (χ3n) is 3.12. The highest BCUT2D eigenvalue weighted by atomic mass is 32.2. The van der Waals surface area contributed by atoms with Crippen molar-refractivity contribution in [2.75, 3.05) is 24.9 Å². The van der Waals surface area contributed by atoms with E-state index in [0.717, 1.165) is 10.1 Å². The number of esters is 1. The second-order valence-electron chi connectivity index (χ2n) is 4.98. The predicted molar refractivity (Wildman–Crippen MR) is 109 cm³/mol. The largest absolute Gasteiger partial charge is 0.467 e. The van der Waals surface area contributed by atoms with Gasteiger partial charge in [-0.25, -0.2) is 9.78 Å². The Hall–Kier alpha value is -1.23. The Balaban J connectivity index is 1.80. The lowest BCUT2D eigenvalue weighted by Crippen LogP contribution is -2.44. The van der Waals surface area contributed by atoms with Crippen LogP contribution in [-0.4, -0.2) is 52.1 Å². The summed E-state index contributed by atoms with van der Waals surface area (Å²) in [6, 6.07) is 9.30. The molecule has 0 unspecified atom stereocenters. The Bertz CT molecular complexity index is 712. The maximum absolute atomic E-state index is 12.2. The topological polar surface area (TPSA) is 81.2 Å².